The predicted octanol–water partition coefficient (Wildman–Crippen LogP) is 1.23. The van der Waals surface area contributed by atoms with E-state index in [0.29, 0.717) is 28.1 Å². The predicted molar refractivity (Wildman–Crippen MR) is 130 cm³/mol. The highest BCUT2D eigenvalue weighted by atomic mass is 32.2. The molecule has 2 aliphatic rings. The van der Waals surface area contributed by atoms with E-state index in [1.807, 2.05) is 18.2 Å². The molecule has 5 rings (SSSR count). The highest BCUT2D eigenvalue weighted by Crippen LogP contribution is 2.43. The number of nitrogens with zero attached hydrogens (tertiary/aromatic N) is 5. The van der Waals surface area contributed by atoms with Crippen LogP contribution >= 0.6 is 11.8 Å². The number of amides is 1. The van der Waals surface area contributed by atoms with Gasteiger partial charge in [-0.1, -0.05) is 54.2 Å². The molecule has 2 heterocycles. The lowest BCUT2D eigenvalue weighted by Crippen LogP contribution is -2.34. The van der Waals surface area contributed by atoms with Crippen molar-refractivity contribution in [3.05, 3.63) is 35.9 Å². The number of nitrogens with two attached hydrogens (primary N) is 1. The number of carbonyl (C=O) groups is 1. The first-order valence-electron chi connectivity index (χ1n) is 11.8. The van der Waals surface area contributed by atoms with E-state index in [1.54, 1.807) is 11.8 Å². The number of nitrogens with one attached hydrogen (secondary N) is 1. The molecule has 2 unspecified atom stereocenters. The summed E-state index contributed by atoms with van der Waals surface area (Å²) in [4.78, 5) is 20.5. The Kier molecular flexibility index (Phi) is 6.87. The first-order chi connectivity index (χ1) is 17.0. The van der Waals surface area contributed by atoms with Crippen LogP contribution in [0.25, 0.3) is 11.2 Å². The zero-order valence-electron chi connectivity index (χ0n) is 19.3. The van der Waals surface area contributed by atoms with E-state index in [-0.39, 0.29) is 19.1 Å². The molecule has 2 aromatic heterocycles. The standard InChI is InChI=1S/C23H29N7O4S/c1-2-8-35-23-26-21(25-14-9-13(14)12-6-4-3-5-7-12)18-22(27-23)30(29-28-18)15-10-16(20(33)19(15)32)34-11-17(24)31/h3-7,13-16,19-20,32-33H,2,8-11H2,1H3,(H2,24,31)(H,25,26,27)/t13?,14?,15-,16+,19+,20-/m0/s1. The van der Waals surface area contributed by atoms with Gasteiger partial charge >= 0.3 is 0 Å². The second kappa shape index (κ2) is 10.1. The van der Waals surface area contributed by atoms with E-state index in [0.717, 1.165) is 18.6 Å². The van der Waals surface area contributed by atoms with Gasteiger partial charge in [-0.3, -0.25) is 4.79 Å². The van der Waals surface area contributed by atoms with Crippen molar-refractivity contribution in [3.63, 3.8) is 0 Å². The van der Waals surface area contributed by atoms with Crippen LogP contribution in [0.1, 0.15) is 43.7 Å². The normalized spacial score (nSPS) is 27.9. The summed E-state index contributed by atoms with van der Waals surface area (Å²) >= 11 is 1.54. The van der Waals surface area contributed by atoms with E-state index in [9.17, 15) is 15.0 Å². The van der Waals surface area contributed by atoms with Crippen molar-refractivity contribution in [1.82, 2.24) is 25.0 Å². The van der Waals surface area contributed by atoms with Crippen molar-refractivity contribution in [2.45, 2.75) is 67.7 Å². The Labute approximate surface area is 206 Å². The molecule has 1 aromatic carbocycles. The van der Waals surface area contributed by atoms with Crippen LogP contribution in [0, 0.1) is 0 Å². The fourth-order valence-corrected chi connectivity index (χ4v) is 5.25. The number of thioether (sulfide) groups is 1. The molecule has 2 aliphatic carbocycles. The first-order valence-corrected chi connectivity index (χ1v) is 12.8. The Morgan fingerprint density at radius 1 is 1.23 bits per heavy atom. The zero-order chi connectivity index (χ0) is 24.5. The molecule has 11 nitrogen and oxygen atoms in total. The minimum atomic E-state index is -1.19. The molecule has 3 aromatic rings. The molecule has 6 atom stereocenters. The minimum absolute atomic E-state index is 0.232. The third-order valence-electron chi connectivity index (χ3n) is 6.43. The number of anilines is 1. The van der Waals surface area contributed by atoms with Gasteiger partial charge in [0.2, 0.25) is 5.91 Å². The molecular formula is C23H29N7O4S. The molecule has 0 spiro atoms. The number of ether oxygens (including phenoxy) is 1. The van der Waals surface area contributed by atoms with E-state index >= 15 is 0 Å². The van der Waals surface area contributed by atoms with Gasteiger partial charge in [0.1, 0.15) is 18.8 Å². The Bertz CT molecular complexity index is 1190. The molecule has 0 bridgehead atoms. The Morgan fingerprint density at radius 3 is 2.77 bits per heavy atom. The van der Waals surface area contributed by atoms with Crippen LogP contribution < -0.4 is 11.1 Å². The Hall–Kier alpha value is -2.80. The van der Waals surface area contributed by atoms with Crippen LogP contribution in [0.3, 0.4) is 0 Å². The monoisotopic (exact) mass is 499 g/mol. The van der Waals surface area contributed by atoms with E-state index < -0.39 is 30.3 Å². The quantitative estimate of drug-likeness (QED) is 0.236. The van der Waals surface area contributed by atoms with Gasteiger partial charge < -0.3 is 26.0 Å². The van der Waals surface area contributed by atoms with Crippen LogP contribution in [0.15, 0.2) is 35.5 Å². The maximum atomic E-state index is 11.1. The average molecular weight is 500 g/mol. The highest BCUT2D eigenvalue weighted by molar-refractivity contribution is 7.99. The first kappa shape index (κ1) is 23.9. The van der Waals surface area contributed by atoms with Crippen molar-refractivity contribution < 1.29 is 19.7 Å². The number of rotatable bonds is 10. The third-order valence-corrected chi connectivity index (χ3v) is 7.48. The van der Waals surface area contributed by atoms with Gasteiger partial charge in [0.15, 0.2) is 22.1 Å². The summed E-state index contributed by atoms with van der Waals surface area (Å²) in [5.74, 6) is 1.23. The number of aromatic nitrogens is 5. The summed E-state index contributed by atoms with van der Waals surface area (Å²) < 4.78 is 6.94. The van der Waals surface area contributed by atoms with Crippen LogP contribution in [0.4, 0.5) is 5.82 Å². The number of aliphatic hydroxyl groups excluding tert-OH is 2. The van der Waals surface area contributed by atoms with Crippen LogP contribution in [0.2, 0.25) is 0 Å². The number of primary amides is 1. The Morgan fingerprint density at radius 2 is 2.03 bits per heavy atom. The summed E-state index contributed by atoms with van der Waals surface area (Å²) in [6.07, 6.45) is -0.915. The molecule has 35 heavy (non-hydrogen) atoms. The van der Waals surface area contributed by atoms with Gasteiger partial charge in [0.25, 0.3) is 0 Å². The highest BCUT2D eigenvalue weighted by Gasteiger charge is 2.45. The molecule has 12 heteroatoms. The lowest BCUT2D eigenvalue weighted by atomic mass is 10.1. The van der Waals surface area contributed by atoms with Gasteiger partial charge in [0.05, 0.1) is 12.1 Å². The number of hydrogen-bond donors (Lipinski definition) is 4. The topological polar surface area (TPSA) is 161 Å². The maximum absolute atomic E-state index is 11.1. The molecule has 186 valence electrons. The summed E-state index contributed by atoms with van der Waals surface area (Å²) in [6.45, 7) is 1.75. The van der Waals surface area contributed by atoms with Crippen molar-refractivity contribution in [3.8, 4) is 0 Å². The summed E-state index contributed by atoms with van der Waals surface area (Å²) in [6, 6.07) is 9.96. The summed E-state index contributed by atoms with van der Waals surface area (Å²) in [5, 5.41) is 33.9. The number of fused-ring (bicyclic) bond motifs is 1. The maximum Gasteiger partial charge on any atom is 0.243 e. The molecular weight excluding hydrogens is 470 g/mol. The molecule has 2 fully saturated rings. The van der Waals surface area contributed by atoms with Crippen molar-refractivity contribution in [2.75, 3.05) is 17.7 Å². The number of hydrogen-bond acceptors (Lipinski definition) is 10. The summed E-state index contributed by atoms with van der Waals surface area (Å²) in [7, 11) is 0. The largest absolute Gasteiger partial charge is 0.388 e. The van der Waals surface area contributed by atoms with Gasteiger partial charge in [-0.2, -0.15) is 0 Å². The zero-order valence-corrected chi connectivity index (χ0v) is 20.1. The minimum Gasteiger partial charge on any atom is -0.388 e. The van der Waals surface area contributed by atoms with Crippen molar-refractivity contribution in [1.29, 1.82) is 0 Å². The van der Waals surface area contributed by atoms with Crippen molar-refractivity contribution in [2.24, 2.45) is 5.73 Å². The number of carbonyl (C=O) groups excluding carboxylic acids is 1. The number of benzene rings is 1. The lowest BCUT2D eigenvalue weighted by molar-refractivity contribution is -0.127. The lowest BCUT2D eigenvalue weighted by Gasteiger charge is -2.17. The molecule has 1 amide bonds. The van der Waals surface area contributed by atoms with E-state index in [4.69, 9.17) is 15.5 Å². The molecule has 5 N–H and O–H groups in total. The van der Waals surface area contributed by atoms with Gasteiger partial charge in [-0.05, 0) is 18.4 Å². The summed E-state index contributed by atoms with van der Waals surface area (Å²) in [5.41, 5.74) is 7.42. The van der Waals surface area contributed by atoms with Crippen LogP contribution in [0.5, 0.6) is 0 Å². The molecule has 0 radical (unpaired) electrons. The van der Waals surface area contributed by atoms with Crippen LogP contribution in [-0.2, 0) is 9.53 Å². The van der Waals surface area contributed by atoms with Gasteiger partial charge in [-0.25, -0.2) is 14.6 Å². The van der Waals surface area contributed by atoms with E-state index in [2.05, 4.69) is 39.7 Å². The molecule has 2 saturated carbocycles. The van der Waals surface area contributed by atoms with Crippen LogP contribution in [-0.4, -0.2) is 77.8 Å². The average Bonchev–Trinajstić information content (AvgIpc) is 3.41. The SMILES string of the molecule is CCCSc1nc(NC2CC2c2ccccc2)c2nnn([C@H]3C[C@@H](OCC(N)=O)[C@H](O)[C@@H]3O)c2n1. The third kappa shape index (κ3) is 4.96. The molecule has 0 saturated heterocycles. The second-order valence-electron chi connectivity index (χ2n) is 9.01. The van der Waals surface area contributed by atoms with E-state index in [1.165, 1.54) is 10.2 Å². The fraction of sp³-hybridized carbons (Fsp3) is 0.522. The molecule has 0 aliphatic heterocycles. The van der Waals surface area contributed by atoms with Gasteiger partial charge in [-0.15, -0.1) is 5.10 Å². The fourth-order valence-electron chi connectivity index (χ4n) is 4.56. The second-order valence-corrected chi connectivity index (χ2v) is 10.1. The number of aliphatic hydroxyl groups is 2. The Balaban J connectivity index is 1.43. The van der Waals surface area contributed by atoms with Gasteiger partial charge in [0, 0.05) is 24.1 Å². The van der Waals surface area contributed by atoms with Crippen molar-refractivity contribution >= 4 is 34.7 Å². The smallest absolute Gasteiger partial charge is 0.243 e.